The molecule has 134 valence electrons. The lowest BCUT2D eigenvalue weighted by Crippen LogP contribution is -2.36. The molecule has 2 amide bonds. The number of carbonyl (C=O) groups excluding carboxylic acids is 2. The van der Waals surface area contributed by atoms with Crippen LogP contribution in [0.4, 0.5) is 0 Å². The minimum atomic E-state index is -0.248. The molecule has 2 rings (SSSR count). The van der Waals surface area contributed by atoms with Gasteiger partial charge >= 0.3 is 0 Å². The van der Waals surface area contributed by atoms with Crippen molar-refractivity contribution in [3.05, 3.63) is 29.8 Å². The maximum Gasteiger partial charge on any atom is 0.225 e. The summed E-state index contributed by atoms with van der Waals surface area (Å²) in [6.07, 6.45) is 0.295. The number of amides is 2. The molecule has 0 aromatic heterocycles. The van der Waals surface area contributed by atoms with Gasteiger partial charge in [0.15, 0.2) is 0 Å². The maximum absolute atomic E-state index is 12.1. The van der Waals surface area contributed by atoms with Gasteiger partial charge in [-0.3, -0.25) is 9.59 Å². The first-order valence-electron chi connectivity index (χ1n) is 8.03. The lowest BCUT2D eigenvalue weighted by molar-refractivity contribution is -0.129. The molecule has 1 aliphatic rings. The zero-order valence-electron chi connectivity index (χ0n) is 14.2. The molecular formula is C17H26ClN3O3. The number of nitrogens with one attached hydrogen (secondary N) is 2. The van der Waals surface area contributed by atoms with Crippen molar-refractivity contribution in [2.24, 2.45) is 5.92 Å². The smallest absolute Gasteiger partial charge is 0.225 e. The Balaban J connectivity index is 0.00000288. The van der Waals surface area contributed by atoms with E-state index in [0.29, 0.717) is 26.1 Å². The molecule has 1 fully saturated rings. The summed E-state index contributed by atoms with van der Waals surface area (Å²) in [5.41, 5.74) is 1.03. The third-order valence-corrected chi connectivity index (χ3v) is 3.97. The largest absolute Gasteiger partial charge is 0.497 e. The zero-order valence-corrected chi connectivity index (χ0v) is 15.0. The van der Waals surface area contributed by atoms with Gasteiger partial charge in [-0.15, -0.1) is 12.4 Å². The standard InChI is InChI=1S/C17H25N3O3.ClH/c1-3-18-8-9-19-17(22)14-10-16(21)20(12-14)11-13-4-6-15(23-2)7-5-13;/h4-7,14,18H,3,8-12H2,1-2H3,(H,19,22);1H. The van der Waals surface area contributed by atoms with Crippen molar-refractivity contribution in [3.8, 4) is 5.75 Å². The van der Waals surface area contributed by atoms with E-state index in [9.17, 15) is 9.59 Å². The lowest BCUT2D eigenvalue weighted by Gasteiger charge is -2.17. The van der Waals surface area contributed by atoms with Gasteiger partial charge in [0.2, 0.25) is 11.8 Å². The number of benzene rings is 1. The van der Waals surface area contributed by atoms with E-state index in [1.54, 1.807) is 12.0 Å². The fraction of sp³-hybridized carbons (Fsp3) is 0.529. The number of ether oxygens (including phenoxy) is 1. The summed E-state index contributed by atoms with van der Waals surface area (Å²) in [5, 5.41) is 6.03. The number of carbonyl (C=O) groups is 2. The Hall–Kier alpha value is -1.79. The van der Waals surface area contributed by atoms with Gasteiger partial charge in [-0.25, -0.2) is 0 Å². The minimum Gasteiger partial charge on any atom is -0.497 e. The highest BCUT2D eigenvalue weighted by Crippen LogP contribution is 2.21. The van der Waals surface area contributed by atoms with Crippen LogP contribution < -0.4 is 15.4 Å². The summed E-state index contributed by atoms with van der Waals surface area (Å²) >= 11 is 0. The van der Waals surface area contributed by atoms with Crippen molar-refractivity contribution in [3.63, 3.8) is 0 Å². The topological polar surface area (TPSA) is 70.7 Å². The number of likely N-dealkylation sites (tertiary alicyclic amines) is 1. The molecule has 0 aliphatic carbocycles. The first kappa shape index (κ1) is 20.3. The van der Waals surface area contributed by atoms with Crippen molar-refractivity contribution in [1.29, 1.82) is 0 Å². The van der Waals surface area contributed by atoms with E-state index < -0.39 is 0 Å². The molecule has 0 spiro atoms. The average molecular weight is 356 g/mol. The first-order valence-corrected chi connectivity index (χ1v) is 8.03. The monoisotopic (exact) mass is 355 g/mol. The van der Waals surface area contributed by atoms with Crippen molar-refractivity contribution in [2.75, 3.05) is 33.3 Å². The highest BCUT2D eigenvalue weighted by Gasteiger charge is 2.33. The number of likely N-dealkylation sites (N-methyl/N-ethyl adjacent to an activating group) is 1. The predicted molar refractivity (Wildman–Crippen MR) is 95.3 cm³/mol. The van der Waals surface area contributed by atoms with Crippen molar-refractivity contribution < 1.29 is 14.3 Å². The van der Waals surface area contributed by atoms with Crippen LogP contribution in [0.25, 0.3) is 0 Å². The number of methoxy groups -OCH3 is 1. The molecule has 2 N–H and O–H groups in total. The van der Waals surface area contributed by atoms with Crippen molar-refractivity contribution >= 4 is 24.2 Å². The summed E-state index contributed by atoms with van der Waals surface area (Å²) in [5.74, 6) is 0.544. The normalized spacial score (nSPS) is 16.7. The molecule has 7 heteroatoms. The zero-order chi connectivity index (χ0) is 16.7. The van der Waals surface area contributed by atoms with Gasteiger partial charge in [-0.2, -0.15) is 0 Å². The van der Waals surface area contributed by atoms with E-state index in [0.717, 1.165) is 24.4 Å². The van der Waals surface area contributed by atoms with Gasteiger partial charge in [0, 0.05) is 32.6 Å². The quantitative estimate of drug-likeness (QED) is 0.687. The molecule has 1 aliphatic heterocycles. The summed E-state index contributed by atoms with van der Waals surface area (Å²) in [4.78, 5) is 25.9. The van der Waals surface area contributed by atoms with E-state index in [1.165, 1.54) is 0 Å². The van der Waals surface area contributed by atoms with Gasteiger partial charge in [0.1, 0.15) is 5.75 Å². The summed E-state index contributed by atoms with van der Waals surface area (Å²) in [6.45, 7) is 5.26. The van der Waals surface area contributed by atoms with Crippen LogP contribution in [0.3, 0.4) is 0 Å². The van der Waals surface area contributed by atoms with Crippen LogP contribution in [0.5, 0.6) is 5.75 Å². The van der Waals surface area contributed by atoms with Gasteiger partial charge < -0.3 is 20.3 Å². The molecule has 6 nitrogen and oxygen atoms in total. The molecule has 0 saturated carbocycles. The second-order valence-electron chi connectivity index (χ2n) is 5.67. The van der Waals surface area contributed by atoms with Gasteiger partial charge in [-0.1, -0.05) is 19.1 Å². The molecule has 1 atom stereocenters. The van der Waals surface area contributed by atoms with Crippen LogP contribution in [-0.2, 0) is 16.1 Å². The first-order chi connectivity index (χ1) is 11.1. The minimum absolute atomic E-state index is 0. The number of hydrogen-bond acceptors (Lipinski definition) is 4. The van der Waals surface area contributed by atoms with Crippen molar-refractivity contribution in [2.45, 2.75) is 19.9 Å². The molecule has 0 radical (unpaired) electrons. The lowest BCUT2D eigenvalue weighted by atomic mass is 10.1. The third kappa shape index (κ3) is 5.69. The third-order valence-electron chi connectivity index (χ3n) is 3.97. The summed E-state index contributed by atoms with van der Waals surface area (Å²) in [6, 6.07) is 7.63. The second-order valence-corrected chi connectivity index (χ2v) is 5.67. The van der Waals surface area contributed by atoms with Crippen LogP contribution in [0.15, 0.2) is 24.3 Å². The molecule has 0 bridgehead atoms. The Labute approximate surface area is 149 Å². The molecule has 24 heavy (non-hydrogen) atoms. The Morgan fingerprint density at radius 3 is 2.62 bits per heavy atom. The molecular weight excluding hydrogens is 330 g/mol. The average Bonchev–Trinajstić information content (AvgIpc) is 2.93. The fourth-order valence-corrected chi connectivity index (χ4v) is 2.65. The Morgan fingerprint density at radius 1 is 1.29 bits per heavy atom. The number of rotatable bonds is 8. The second kappa shape index (κ2) is 10.2. The Morgan fingerprint density at radius 2 is 2.00 bits per heavy atom. The summed E-state index contributed by atoms with van der Waals surface area (Å²) < 4.78 is 5.13. The Kier molecular flexibility index (Phi) is 8.57. The molecule has 1 saturated heterocycles. The van der Waals surface area contributed by atoms with E-state index >= 15 is 0 Å². The van der Waals surface area contributed by atoms with Crippen LogP contribution in [0.1, 0.15) is 18.9 Å². The van der Waals surface area contributed by atoms with Crippen molar-refractivity contribution in [1.82, 2.24) is 15.5 Å². The Bertz CT molecular complexity index is 536. The van der Waals surface area contributed by atoms with Crippen LogP contribution in [0, 0.1) is 5.92 Å². The van der Waals surface area contributed by atoms with E-state index in [-0.39, 0.29) is 30.1 Å². The summed E-state index contributed by atoms with van der Waals surface area (Å²) in [7, 11) is 1.62. The number of nitrogens with zero attached hydrogens (tertiary/aromatic N) is 1. The molecule has 1 unspecified atom stereocenters. The SMILES string of the molecule is CCNCCNC(=O)C1CC(=O)N(Cc2ccc(OC)cc2)C1.Cl. The number of halogens is 1. The molecule has 1 aromatic rings. The number of hydrogen-bond donors (Lipinski definition) is 2. The van der Waals surface area contributed by atoms with E-state index in [1.807, 2.05) is 31.2 Å². The highest BCUT2D eigenvalue weighted by atomic mass is 35.5. The molecule has 1 heterocycles. The van der Waals surface area contributed by atoms with Gasteiger partial charge in [0.25, 0.3) is 0 Å². The molecule has 1 aromatic carbocycles. The maximum atomic E-state index is 12.1. The highest BCUT2D eigenvalue weighted by molar-refractivity contribution is 5.89. The van der Waals surface area contributed by atoms with Gasteiger partial charge in [0.05, 0.1) is 13.0 Å². The van der Waals surface area contributed by atoms with E-state index in [2.05, 4.69) is 10.6 Å². The van der Waals surface area contributed by atoms with E-state index in [4.69, 9.17) is 4.74 Å². The van der Waals surface area contributed by atoms with Crippen LogP contribution in [0.2, 0.25) is 0 Å². The van der Waals surface area contributed by atoms with Crippen LogP contribution in [-0.4, -0.2) is 50.0 Å². The van der Waals surface area contributed by atoms with Crippen LogP contribution >= 0.6 is 12.4 Å². The fourth-order valence-electron chi connectivity index (χ4n) is 2.65. The predicted octanol–water partition coefficient (Wildman–Crippen LogP) is 1.19. The van der Waals surface area contributed by atoms with Gasteiger partial charge in [-0.05, 0) is 24.2 Å².